The van der Waals surface area contributed by atoms with E-state index < -0.39 is 48.8 Å². The van der Waals surface area contributed by atoms with Gasteiger partial charge < -0.3 is 34.9 Å². The summed E-state index contributed by atoms with van der Waals surface area (Å²) < 4.78 is 11.2. The molecule has 0 spiro atoms. The minimum atomic E-state index is -1.56. The Labute approximate surface area is 155 Å². The van der Waals surface area contributed by atoms with Gasteiger partial charge in [0, 0.05) is 27.6 Å². The molecule has 0 bridgehead atoms. The third-order valence-corrected chi connectivity index (χ3v) is 5.61. The SMILES string of the molecule is CC1(C)c2[nH]c3ccccc3c2C(=O)[C@@H]1O[C@@H]1O[C@H](CO)[C@@H](O)[C@H](O)[C@H]1O. The fourth-order valence-corrected chi connectivity index (χ4v) is 4.02. The maximum Gasteiger partial charge on any atom is 0.195 e. The average molecular weight is 377 g/mol. The first-order valence-electron chi connectivity index (χ1n) is 8.88. The number of carbonyl (C=O) groups excluding carboxylic acids is 1. The first-order valence-corrected chi connectivity index (χ1v) is 8.88. The van der Waals surface area contributed by atoms with Crippen molar-refractivity contribution in [2.45, 2.75) is 56.1 Å². The normalized spacial score (nSPS) is 35.6. The van der Waals surface area contributed by atoms with E-state index in [2.05, 4.69) is 4.98 Å². The molecule has 5 N–H and O–H groups in total. The predicted octanol–water partition coefficient (Wildman–Crippen LogP) is -0.173. The Kier molecular flexibility index (Phi) is 4.38. The number of carbonyl (C=O) groups is 1. The topological polar surface area (TPSA) is 132 Å². The van der Waals surface area contributed by atoms with Crippen LogP contribution in [0.3, 0.4) is 0 Å². The Hall–Kier alpha value is -1.81. The monoisotopic (exact) mass is 377 g/mol. The van der Waals surface area contributed by atoms with Crippen LogP contribution in [0.15, 0.2) is 24.3 Å². The van der Waals surface area contributed by atoms with Gasteiger partial charge in [-0.2, -0.15) is 0 Å². The molecule has 2 heterocycles. The number of aromatic amines is 1. The highest BCUT2D eigenvalue weighted by Crippen LogP contribution is 2.44. The van der Waals surface area contributed by atoms with Crippen LogP contribution in [0.4, 0.5) is 0 Å². The summed E-state index contributed by atoms with van der Waals surface area (Å²) in [7, 11) is 0. The molecule has 1 saturated heterocycles. The highest BCUT2D eigenvalue weighted by Gasteiger charge is 2.53. The third kappa shape index (κ3) is 2.64. The number of aliphatic hydroxyl groups excluding tert-OH is 4. The van der Waals surface area contributed by atoms with Gasteiger partial charge in [-0.3, -0.25) is 4.79 Å². The second kappa shape index (κ2) is 6.37. The van der Waals surface area contributed by atoms with E-state index in [4.69, 9.17) is 9.47 Å². The van der Waals surface area contributed by atoms with Gasteiger partial charge in [-0.05, 0) is 6.07 Å². The number of ether oxygens (including phenoxy) is 2. The summed E-state index contributed by atoms with van der Waals surface area (Å²) in [6.07, 6.45) is -7.99. The van der Waals surface area contributed by atoms with Crippen molar-refractivity contribution in [2.75, 3.05) is 6.61 Å². The van der Waals surface area contributed by atoms with E-state index in [9.17, 15) is 25.2 Å². The van der Waals surface area contributed by atoms with Crippen molar-refractivity contribution >= 4 is 16.7 Å². The number of ketones is 1. The van der Waals surface area contributed by atoms with Gasteiger partial charge >= 0.3 is 0 Å². The van der Waals surface area contributed by atoms with Crippen molar-refractivity contribution in [1.29, 1.82) is 0 Å². The number of hydrogen-bond donors (Lipinski definition) is 5. The molecule has 8 heteroatoms. The molecule has 2 aliphatic rings. The molecule has 6 atom stereocenters. The van der Waals surface area contributed by atoms with E-state index in [1.807, 2.05) is 38.1 Å². The summed E-state index contributed by atoms with van der Waals surface area (Å²) in [5.41, 5.74) is 1.41. The number of hydrogen-bond acceptors (Lipinski definition) is 7. The summed E-state index contributed by atoms with van der Waals surface area (Å²) in [4.78, 5) is 16.4. The van der Waals surface area contributed by atoms with Crippen LogP contribution in [0, 0.1) is 0 Å². The first-order chi connectivity index (χ1) is 12.8. The lowest BCUT2D eigenvalue weighted by molar-refractivity contribution is -0.310. The Morgan fingerprint density at radius 2 is 1.85 bits per heavy atom. The maximum absolute atomic E-state index is 13.1. The van der Waals surface area contributed by atoms with Crippen LogP contribution in [0.2, 0.25) is 0 Å². The van der Waals surface area contributed by atoms with Crippen LogP contribution in [-0.2, 0) is 14.9 Å². The second-order valence-corrected chi connectivity index (χ2v) is 7.72. The molecule has 146 valence electrons. The quantitative estimate of drug-likeness (QED) is 0.501. The maximum atomic E-state index is 13.1. The Morgan fingerprint density at radius 3 is 2.56 bits per heavy atom. The predicted molar refractivity (Wildman–Crippen MR) is 94.3 cm³/mol. The van der Waals surface area contributed by atoms with Crippen LogP contribution >= 0.6 is 0 Å². The van der Waals surface area contributed by atoms with E-state index >= 15 is 0 Å². The Balaban J connectivity index is 1.66. The van der Waals surface area contributed by atoms with Crippen molar-refractivity contribution in [1.82, 2.24) is 4.98 Å². The molecule has 27 heavy (non-hydrogen) atoms. The molecule has 1 aliphatic heterocycles. The zero-order chi connectivity index (χ0) is 19.5. The van der Waals surface area contributed by atoms with Gasteiger partial charge in [-0.25, -0.2) is 0 Å². The van der Waals surface area contributed by atoms with E-state index in [1.165, 1.54) is 0 Å². The molecule has 1 aromatic heterocycles. The first kappa shape index (κ1) is 18.5. The summed E-state index contributed by atoms with van der Waals surface area (Å²) >= 11 is 0. The fraction of sp³-hybridized carbons (Fsp3) is 0.526. The molecule has 1 aromatic carbocycles. The standard InChI is InChI=1S/C19H23NO7/c1-19(2)16-11(8-5-3-4-6-9(8)20-16)13(23)17(19)27-18-15(25)14(24)12(22)10(7-21)26-18/h3-6,10,12,14-15,17-18,20-22,24-25H,7H2,1-2H3/t10-,12-,14+,15-,17+,18+/m1/s1. The lowest BCUT2D eigenvalue weighted by atomic mass is 9.87. The van der Waals surface area contributed by atoms with E-state index in [0.29, 0.717) is 5.56 Å². The lowest BCUT2D eigenvalue weighted by Gasteiger charge is -2.41. The van der Waals surface area contributed by atoms with Crippen LogP contribution in [0.25, 0.3) is 10.9 Å². The van der Waals surface area contributed by atoms with Gasteiger partial charge in [0.05, 0.1) is 6.61 Å². The van der Waals surface area contributed by atoms with Crippen molar-refractivity contribution < 1.29 is 34.7 Å². The Bertz CT molecular complexity index is 874. The van der Waals surface area contributed by atoms with Crippen molar-refractivity contribution in [3.05, 3.63) is 35.5 Å². The van der Waals surface area contributed by atoms with Gasteiger partial charge in [-0.1, -0.05) is 32.0 Å². The third-order valence-electron chi connectivity index (χ3n) is 5.61. The number of para-hydroxylation sites is 1. The van der Waals surface area contributed by atoms with Crippen molar-refractivity contribution in [3.63, 3.8) is 0 Å². The molecular formula is C19H23NO7. The minimum absolute atomic E-state index is 0.246. The second-order valence-electron chi connectivity index (χ2n) is 7.72. The largest absolute Gasteiger partial charge is 0.394 e. The molecule has 1 aliphatic carbocycles. The number of aliphatic hydroxyl groups is 4. The van der Waals surface area contributed by atoms with Crippen molar-refractivity contribution in [2.24, 2.45) is 0 Å². The van der Waals surface area contributed by atoms with Gasteiger partial charge in [0.15, 0.2) is 12.1 Å². The summed E-state index contributed by atoms with van der Waals surface area (Å²) in [6, 6.07) is 7.48. The van der Waals surface area contributed by atoms with Crippen LogP contribution in [0.1, 0.15) is 29.9 Å². The molecule has 1 fully saturated rings. The smallest absolute Gasteiger partial charge is 0.195 e. The van der Waals surface area contributed by atoms with Gasteiger partial charge in [0.2, 0.25) is 0 Å². The zero-order valence-electron chi connectivity index (χ0n) is 15.0. The van der Waals surface area contributed by atoms with Crippen LogP contribution in [-0.4, -0.2) is 74.6 Å². The molecule has 0 amide bonds. The number of benzene rings is 1. The Morgan fingerprint density at radius 1 is 1.15 bits per heavy atom. The molecule has 8 nitrogen and oxygen atoms in total. The number of nitrogens with one attached hydrogen (secondary N) is 1. The highest BCUT2D eigenvalue weighted by molar-refractivity contribution is 6.15. The highest BCUT2D eigenvalue weighted by atomic mass is 16.7. The summed E-state index contributed by atoms with van der Waals surface area (Å²) in [5.74, 6) is -0.246. The average Bonchev–Trinajstić information content (AvgIpc) is 3.12. The van der Waals surface area contributed by atoms with Crippen LogP contribution < -0.4 is 0 Å². The van der Waals surface area contributed by atoms with Crippen LogP contribution in [0.5, 0.6) is 0 Å². The number of rotatable bonds is 3. The summed E-state index contributed by atoms with van der Waals surface area (Å²) in [6.45, 7) is 3.14. The van der Waals surface area contributed by atoms with Gasteiger partial charge in [-0.15, -0.1) is 0 Å². The number of fused-ring (bicyclic) bond motifs is 3. The number of Topliss-reactive ketones (excluding diaryl/α,β-unsaturated/α-hetero) is 1. The molecule has 0 unspecified atom stereocenters. The zero-order valence-corrected chi connectivity index (χ0v) is 15.0. The lowest BCUT2D eigenvalue weighted by Crippen LogP contribution is -2.60. The minimum Gasteiger partial charge on any atom is -0.394 e. The van der Waals surface area contributed by atoms with E-state index in [-0.39, 0.29) is 5.78 Å². The number of H-pyrrole nitrogens is 1. The van der Waals surface area contributed by atoms with E-state index in [1.54, 1.807) is 0 Å². The molecule has 4 rings (SSSR count). The number of aromatic nitrogens is 1. The summed E-state index contributed by atoms with van der Waals surface area (Å²) in [5, 5.41) is 40.2. The molecule has 0 radical (unpaired) electrons. The van der Waals surface area contributed by atoms with Gasteiger partial charge in [0.25, 0.3) is 0 Å². The molecule has 2 aromatic rings. The van der Waals surface area contributed by atoms with Crippen molar-refractivity contribution in [3.8, 4) is 0 Å². The van der Waals surface area contributed by atoms with E-state index in [0.717, 1.165) is 16.6 Å². The fourth-order valence-electron chi connectivity index (χ4n) is 4.02. The molecule has 0 saturated carbocycles. The molecular weight excluding hydrogens is 354 g/mol. The van der Waals surface area contributed by atoms with Gasteiger partial charge in [0.1, 0.15) is 30.5 Å².